The first-order chi connectivity index (χ1) is 10.7. The molecular formula is C13H18N2O8. The molecule has 128 valence electrons. The van der Waals surface area contributed by atoms with E-state index in [2.05, 4.69) is 5.32 Å². The fourth-order valence-electron chi connectivity index (χ4n) is 1.24. The van der Waals surface area contributed by atoms with Gasteiger partial charge in [0.1, 0.15) is 12.4 Å². The van der Waals surface area contributed by atoms with Gasteiger partial charge in [-0.1, -0.05) is 6.07 Å². The third kappa shape index (κ3) is 10.6. The molecule has 0 saturated carbocycles. The zero-order chi connectivity index (χ0) is 17.8. The number of aliphatic hydroxyl groups is 1. The molecule has 0 bridgehead atoms. The predicted octanol–water partition coefficient (Wildman–Crippen LogP) is 0.0996. The molecule has 23 heavy (non-hydrogen) atoms. The van der Waals surface area contributed by atoms with E-state index in [0.29, 0.717) is 25.4 Å². The van der Waals surface area contributed by atoms with Gasteiger partial charge >= 0.3 is 11.9 Å². The highest BCUT2D eigenvalue weighted by Crippen LogP contribution is 2.18. The van der Waals surface area contributed by atoms with Crippen molar-refractivity contribution in [2.24, 2.45) is 0 Å². The van der Waals surface area contributed by atoms with E-state index in [4.69, 9.17) is 29.6 Å². The number of aliphatic hydroxyl groups excluding tert-OH is 1. The number of rotatable bonds is 7. The molecule has 0 saturated heterocycles. The Kier molecular flexibility index (Phi) is 9.64. The fourth-order valence-corrected chi connectivity index (χ4v) is 1.24. The van der Waals surface area contributed by atoms with Gasteiger partial charge in [-0.2, -0.15) is 0 Å². The third-order valence-corrected chi connectivity index (χ3v) is 2.20. The van der Waals surface area contributed by atoms with Crippen molar-refractivity contribution < 1.29 is 34.6 Å². The van der Waals surface area contributed by atoms with Crippen LogP contribution in [0.2, 0.25) is 0 Å². The molecule has 1 aromatic rings. The van der Waals surface area contributed by atoms with Gasteiger partial charge < -0.3 is 25.4 Å². The van der Waals surface area contributed by atoms with Gasteiger partial charge in [0.25, 0.3) is 5.69 Å². The van der Waals surface area contributed by atoms with E-state index in [-0.39, 0.29) is 5.69 Å². The molecule has 0 aromatic heterocycles. The highest BCUT2D eigenvalue weighted by Gasteiger charge is 2.06. The number of benzene rings is 1. The van der Waals surface area contributed by atoms with Crippen molar-refractivity contribution in [3.63, 3.8) is 0 Å². The Morgan fingerprint density at radius 1 is 1.35 bits per heavy atom. The van der Waals surface area contributed by atoms with E-state index in [9.17, 15) is 10.1 Å². The molecule has 1 atom stereocenters. The maximum atomic E-state index is 10.5. The molecule has 10 heteroatoms. The second-order valence-electron chi connectivity index (χ2n) is 4.27. The van der Waals surface area contributed by atoms with Crippen molar-refractivity contribution in [3.05, 3.63) is 34.4 Å². The number of nitro benzene ring substituents is 1. The molecule has 0 aliphatic carbocycles. The monoisotopic (exact) mass is 330 g/mol. The van der Waals surface area contributed by atoms with Crippen molar-refractivity contribution in [1.82, 2.24) is 5.32 Å². The van der Waals surface area contributed by atoms with Crippen LogP contribution >= 0.6 is 0 Å². The smallest absolute Gasteiger partial charge is 0.414 e. The first-order valence-corrected chi connectivity index (χ1v) is 6.46. The molecule has 1 aromatic carbocycles. The van der Waals surface area contributed by atoms with Crippen LogP contribution in [0.15, 0.2) is 24.3 Å². The summed E-state index contributed by atoms with van der Waals surface area (Å²) in [5, 5.41) is 37.3. The van der Waals surface area contributed by atoms with Gasteiger partial charge in [0.05, 0.1) is 17.1 Å². The van der Waals surface area contributed by atoms with Crippen LogP contribution in [0.5, 0.6) is 5.75 Å². The summed E-state index contributed by atoms with van der Waals surface area (Å²) in [7, 11) is 0. The molecule has 0 aliphatic heterocycles. The zero-order valence-corrected chi connectivity index (χ0v) is 12.3. The second kappa shape index (κ2) is 10.9. The van der Waals surface area contributed by atoms with Gasteiger partial charge in [0, 0.05) is 19.2 Å². The van der Waals surface area contributed by atoms with E-state index in [0.717, 1.165) is 0 Å². The van der Waals surface area contributed by atoms with Crippen molar-refractivity contribution in [2.75, 3.05) is 19.7 Å². The number of carboxylic acid groups (broad SMARTS) is 2. The summed E-state index contributed by atoms with van der Waals surface area (Å²) in [5.41, 5.74) is 0.0134. The topological polar surface area (TPSA) is 159 Å². The number of aliphatic carboxylic acids is 2. The molecule has 0 spiro atoms. The summed E-state index contributed by atoms with van der Waals surface area (Å²) in [5.74, 6) is -3.18. The largest absolute Gasteiger partial charge is 0.492 e. The average Bonchev–Trinajstić information content (AvgIpc) is 2.47. The van der Waals surface area contributed by atoms with E-state index < -0.39 is 23.0 Å². The van der Waals surface area contributed by atoms with Gasteiger partial charge in [0.2, 0.25) is 0 Å². The Morgan fingerprint density at radius 3 is 2.43 bits per heavy atom. The lowest BCUT2D eigenvalue weighted by atomic mass is 10.3. The normalized spacial score (nSPS) is 10.9. The zero-order valence-electron chi connectivity index (χ0n) is 12.3. The number of hydrogen-bond donors (Lipinski definition) is 4. The van der Waals surface area contributed by atoms with Crippen molar-refractivity contribution in [1.29, 1.82) is 0 Å². The lowest BCUT2D eigenvalue weighted by molar-refractivity contribution is -0.384. The molecule has 0 radical (unpaired) electrons. The molecule has 0 heterocycles. The number of nitro groups is 1. The number of carbonyl (C=O) groups is 2. The van der Waals surface area contributed by atoms with Gasteiger partial charge in [-0.05, 0) is 13.0 Å². The molecule has 4 N–H and O–H groups in total. The number of nitrogens with one attached hydrogen (secondary N) is 1. The van der Waals surface area contributed by atoms with Crippen LogP contribution in [0.25, 0.3) is 0 Å². The molecule has 0 amide bonds. The summed E-state index contributed by atoms with van der Waals surface area (Å²) in [6, 6.07) is 6.05. The molecule has 0 aliphatic rings. The first kappa shape index (κ1) is 20.3. The fraction of sp³-hybridized carbons (Fsp3) is 0.385. The molecule has 1 rings (SSSR count). The minimum atomic E-state index is -1.82. The summed E-state index contributed by atoms with van der Waals surface area (Å²) < 4.78 is 5.33. The van der Waals surface area contributed by atoms with E-state index in [1.807, 2.05) is 0 Å². The summed E-state index contributed by atoms with van der Waals surface area (Å²) in [4.78, 5) is 28.3. The van der Waals surface area contributed by atoms with Crippen LogP contribution < -0.4 is 10.1 Å². The Balaban J connectivity index is 0.000000688. The summed E-state index contributed by atoms with van der Waals surface area (Å²) >= 11 is 0. The Hall–Kier alpha value is -2.72. The number of carboxylic acids is 2. The van der Waals surface area contributed by atoms with Crippen molar-refractivity contribution >= 4 is 17.6 Å². The van der Waals surface area contributed by atoms with Crippen LogP contribution in [-0.2, 0) is 9.59 Å². The van der Waals surface area contributed by atoms with Crippen LogP contribution in [0, 0.1) is 10.1 Å². The van der Waals surface area contributed by atoms with E-state index in [1.54, 1.807) is 19.1 Å². The Morgan fingerprint density at radius 2 is 1.96 bits per heavy atom. The maximum Gasteiger partial charge on any atom is 0.414 e. The standard InChI is InChI=1S/C11H16N2O4.C2H2O4/c1-9(14)8-12-5-6-17-11-4-2-3-10(7-11)13(15)16;3-1(4)2(5)6/h2-4,7,9,12,14H,5-6,8H2,1H3;(H,3,4)(H,5,6). The van der Waals surface area contributed by atoms with E-state index >= 15 is 0 Å². The predicted molar refractivity (Wildman–Crippen MR) is 78.4 cm³/mol. The quantitative estimate of drug-likeness (QED) is 0.235. The number of hydrogen-bond acceptors (Lipinski definition) is 7. The van der Waals surface area contributed by atoms with Crippen LogP contribution in [-0.4, -0.2) is 58.0 Å². The van der Waals surface area contributed by atoms with Crippen LogP contribution in [0.3, 0.4) is 0 Å². The van der Waals surface area contributed by atoms with Gasteiger partial charge in [0.15, 0.2) is 0 Å². The van der Waals surface area contributed by atoms with Gasteiger partial charge in [-0.25, -0.2) is 9.59 Å². The molecule has 1 unspecified atom stereocenters. The average molecular weight is 330 g/mol. The Bertz CT molecular complexity index is 520. The third-order valence-electron chi connectivity index (χ3n) is 2.20. The summed E-state index contributed by atoms with van der Waals surface area (Å²) in [6.07, 6.45) is -0.396. The van der Waals surface area contributed by atoms with Crippen molar-refractivity contribution in [3.8, 4) is 5.75 Å². The number of ether oxygens (including phenoxy) is 1. The first-order valence-electron chi connectivity index (χ1n) is 6.46. The van der Waals surface area contributed by atoms with Crippen molar-refractivity contribution in [2.45, 2.75) is 13.0 Å². The Labute approximate surface area is 131 Å². The van der Waals surface area contributed by atoms with Crippen LogP contribution in [0.1, 0.15) is 6.92 Å². The number of non-ortho nitro benzene ring substituents is 1. The molecule has 0 fully saturated rings. The number of nitrogens with zero attached hydrogens (tertiary/aromatic N) is 1. The lowest BCUT2D eigenvalue weighted by Crippen LogP contribution is -2.28. The minimum Gasteiger partial charge on any atom is -0.492 e. The summed E-state index contributed by atoms with van der Waals surface area (Å²) in [6.45, 7) is 3.16. The van der Waals surface area contributed by atoms with Crippen LogP contribution in [0.4, 0.5) is 5.69 Å². The molecular weight excluding hydrogens is 312 g/mol. The van der Waals surface area contributed by atoms with E-state index in [1.165, 1.54) is 12.1 Å². The minimum absolute atomic E-state index is 0.0134. The van der Waals surface area contributed by atoms with Gasteiger partial charge in [-0.15, -0.1) is 0 Å². The lowest BCUT2D eigenvalue weighted by Gasteiger charge is -2.08. The molecule has 10 nitrogen and oxygen atoms in total. The second-order valence-corrected chi connectivity index (χ2v) is 4.27. The highest BCUT2D eigenvalue weighted by atomic mass is 16.6. The SMILES string of the molecule is CC(O)CNCCOc1cccc([N+](=O)[O-])c1.O=C(O)C(=O)O. The highest BCUT2D eigenvalue weighted by molar-refractivity contribution is 6.27. The maximum absolute atomic E-state index is 10.5. The van der Waals surface area contributed by atoms with Gasteiger partial charge in [-0.3, -0.25) is 10.1 Å².